The third kappa shape index (κ3) is 5.20. The maximum atomic E-state index is 12.7. The Kier molecular flexibility index (Phi) is 6.48. The number of carbonyl (C=O) groups excluding carboxylic acids is 2. The maximum absolute atomic E-state index is 12.7. The molecule has 3 aromatic rings. The van der Waals surface area contributed by atoms with Gasteiger partial charge in [-0.2, -0.15) is 13.2 Å². The summed E-state index contributed by atoms with van der Waals surface area (Å²) >= 11 is 7.41. The second kappa shape index (κ2) is 8.89. The zero-order valence-corrected chi connectivity index (χ0v) is 17.2. The van der Waals surface area contributed by atoms with Crippen LogP contribution in [0.5, 0.6) is 0 Å². The van der Waals surface area contributed by atoms with Crippen LogP contribution < -0.4 is 5.32 Å². The Morgan fingerprint density at radius 1 is 1.10 bits per heavy atom. The summed E-state index contributed by atoms with van der Waals surface area (Å²) in [6.45, 7) is 0.122. The first-order valence-electron chi connectivity index (χ1n) is 8.71. The van der Waals surface area contributed by atoms with Crippen molar-refractivity contribution in [2.45, 2.75) is 12.7 Å². The number of nitrogens with one attached hydrogen (secondary N) is 1. The van der Waals surface area contributed by atoms with Crippen molar-refractivity contribution in [2.75, 3.05) is 12.4 Å². The molecule has 0 fully saturated rings. The molecule has 3 rings (SSSR count). The zero-order chi connectivity index (χ0) is 21.9. The molecular formula is C21H16ClF3N2O2S. The average Bonchev–Trinajstić information content (AvgIpc) is 3.24. The molecule has 0 aliphatic heterocycles. The minimum atomic E-state index is -4.41. The highest BCUT2D eigenvalue weighted by Gasteiger charge is 2.30. The van der Waals surface area contributed by atoms with Crippen molar-refractivity contribution in [3.63, 3.8) is 0 Å². The summed E-state index contributed by atoms with van der Waals surface area (Å²) in [6.07, 6.45) is -4.41. The summed E-state index contributed by atoms with van der Waals surface area (Å²) in [5.41, 5.74) is 0.391. The number of carbonyl (C=O) groups is 2. The zero-order valence-electron chi connectivity index (χ0n) is 15.7. The number of amides is 2. The van der Waals surface area contributed by atoms with E-state index in [1.807, 2.05) is 0 Å². The van der Waals surface area contributed by atoms with Crippen LogP contribution in [0.25, 0.3) is 0 Å². The lowest BCUT2D eigenvalue weighted by atomic mass is 10.1. The van der Waals surface area contributed by atoms with E-state index in [-0.39, 0.29) is 28.9 Å². The monoisotopic (exact) mass is 452 g/mol. The molecule has 4 nitrogen and oxygen atoms in total. The molecule has 0 radical (unpaired) electrons. The molecule has 0 bridgehead atoms. The Morgan fingerprint density at radius 2 is 1.80 bits per heavy atom. The number of hydrogen-bond acceptors (Lipinski definition) is 3. The van der Waals surface area contributed by atoms with E-state index in [9.17, 15) is 22.8 Å². The number of alkyl halides is 3. The normalized spacial score (nSPS) is 11.2. The van der Waals surface area contributed by atoms with Crippen LogP contribution in [0.4, 0.5) is 18.9 Å². The summed E-state index contributed by atoms with van der Waals surface area (Å²) in [6, 6.07) is 12.5. The maximum Gasteiger partial charge on any atom is 0.416 e. The van der Waals surface area contributed by atoms with E-state index >= 15 is 0 Å². The highest BCUT2D eigenvalue weighted by molar-refractivity contribution is 7.12. The van der Waals surface area contributed by atoms with Gasteiger partial charge in [0.25, 0.3) is 11.8 Å². The lowest BCUT2D eigenvalue weighted by Gasteiger charge is -2.18. The van der Waals surface area contributed by atoms with Crippen LogP contribution in [-0.2, 0) is 12.7 Å². The molecule has 0 saturated heterocycles. The number of nitrogens with zero attached hydrogens (tertiary/aromatic N) is 1. The van der Waals surface area contributed by atoms with Gasteiger partial charge in [0.05, 0.1) is 21.2 Å². The summed E-state index contributed by atoms with van der Waals surface area (Å²) in [5.74, 6) is -0.701. The molecular weight excluding hydrogens is 437 g/mol. The number of halogens is 4. The lowest BCUT2D eigenvalue weighted by molar-refractivity contribution is -0.137. The smallest absolute Gasteiger partial charge is 0.337 e. The van der Waals surface area contributed by atoms with E-state index < -0.39 is 11.7 Å². The standard InChI is InChI=1S/C21H16ClF3N2O2S/c1-27(12-13-4-7-15(8-5-13)21(23,24)25)20(29)14-6-9-16(22)17(11-14)26-19(28)18-3-2-10-30-18/h2-11H,12H2,1H3,(H,26,28). The quantitative estimate of drug-likeness (QED) is 0.520. The van der Waals surface area contributed by atoms with Gasteiger partial charge in [0.15, 0.2) is 0 Å². The van der Waals surface area contributed by atoms with Crippen LogP contribution in [0, 0.1) is 0 Å². The van der Waals surface area contributed by atoms with Gasteiger partial charge < -0.3 is 10.2 Å². The van der Waals surface area contributed by atoms with Crippen molar-refractivity contribution in [1.29, 1.82) is 0 Å². The SMILES string of the molecule is CN(Cc1ccc(C(F)(F)F)cc1)C(=O)c1ccc(Cl)c(NC(=O)c2cccs2)c1. The first kappa shape index (κ1) is 21.9. The van der Waals surface area contributed by atoms with Crippen LogP contribution >= 0.6 is 22.9 Å². The minimum absolute atomic E-state index is 0.122. The van der Waals surface area contributed by atoms with Crippen molar-refractivity contribution >= 4 is 40.4 Å². The highest BCUT2D eigenvalue weighted by Crippen LogP contribution is 2.29. The molecule has 0 aliphatic rings. The largest absolute Gasteiger partial charge is 0.416 e. The minimum Gasteiger partial charge on any atom is -0.337 e. The molecule has 9 heteroatoms. The van der Waals surface area contributed by atoms with Crippen LogP contribution in [0.1, 0.15) is 31.2 Å². The molecule has 2 aromatic carbocycles. The third-order valence-electron chi connectivity index (χ3n) is 4.25. The van der Waals surface area contributed by atoms with Gasteiger partial charge >= 0.3 is 6.18 Å². The molecule has 2 amide bonds. The fraction of sp³-hybridized carbons (Fsp3) is 0.143. The third-order valence-corrected chi connectivity index (χ3v) is 5.45. The number of benzene rings is 2. The highest BCUT2D eigenvalue weighted by atomic mass is 35.5. The summed E-state index contributed by atoms with van der Waals surface area (Å²) in [7, 11) is 1.54. The summed E-state index contributed by atoms with van der Waals surface area (Å²) in [4.78, 5) is 26.9. The Bertz CT molecular complexity index is 1050. The van der Waals surface area contributed by atoms with Gasteiger partial charge in [-0.05, 0) is 47.3 Å². The van der Waals surface area contributed by atoms with Gasteiger partial charge in [0.1, 0.15) is 0 Å². The van der Waals surface area contributed by atoms with E-state index in [0.29, 0.717) is 16.1 Å². The van der Waals surface area contributed by atoms with Crippen molar-refractivity contribution < 1.29 is 22.8 Å². The molecule has 0 unspecified atom stereocenters. The summed E-state index contributed by atoms with van der Waals surface area (Å²) in [5, 5.41) is 4.73. The van der Waals surface area contributed by atoms with Crippen molar-refractivity contribution in [3.05, 3.63) is 86.6 Å². The van der Waals surface area contributed by atoms with Gasteiger partial charge in [0.2, 0.25) is 0 Å². The van der Waals surface area contributed by atoms with Gasteiger partial charge in [-0.25, -0.2) is 0 Å². The molecule has 1 N–H and O–H groups in total. The Labute approximate surface area is 179 Å². The predicted octanol–water partition coefficient (Wildman–Crippen LogP) is 5.94. The molecule has 0 spiro atoms. The summed E-state index contributed by atoms with van der Waals surface area (Å²) < 4.78 is 38.0. The van der Waals surface area contributed by atoms with Crippen LogP contribution in [-0.4, -0.2) is 23.8 Å². The average molecular weight is 453 g/mol. The van der Waals surface area contributed by atoms with Gasteiger partial charge in [-0.15, -0.1) is 11.3 Å². The van der Waals surface area contributed by atoms with E-state index in [1.165, 1.54) is 46.6 Å². The molecule has 0 saturated carbocycles. The van der Waals surface area contributed by atoms with Gasteiger partial charge in [-0.1, -0.05) is 29.8 Å². The van der Waals surface area contributed by atoms with E-state index in [2.05, 4.69) is 5.32 Å². The molecule has 1 heterocycles. The van der Waals surface area contributed by atoms with E-state index in [0.717, 1.165) is 12.1 Å². The molecule has 156 valence electrons. The van der Waals surface area contributed by atoms with Gasteiger partial charge in [0, 0.05) is 19.2 Å². The van der Waals surface area contributed by atoms with E-state index in [1.54, 1.807) is 24.6 Å². The van der Waals surface area contributed by atoms with Crippen LogP contribution in [0.3, 0.4) is 0 Å². The lowest BCUT2D eigenvalue weighted by Crippen LogP contribution is -2.26. The number of thiophene rings is 1. The second-order valence-corrected chi connectivity index (χ2v) is 7.84. The molecule has 30 heavy (non-hydrogen) atoms. The van der Waals surface area contributed by atoms with Crippen molar-refractivity contribution in [1.82, 2.24) is 4.90 Å². The first-order valence-corrected chi connectivity index (χ1v) is 9.97. The van der Waals surface area contributed by atoms with Gasteiger partial charge in [-0.3, -0.25) is 9.59 Å². The molecule has 0 aliphatic carbocycles. The number of hydrogen-bond donors (Lipinski definition) is 1. The van der Waals surface area contributed by atoms with Crippen LogP contribution in [0.15, 0.2) is 60.0 Å². The fourth-order valence-corrected chi connectivity index (χ4v) is 3.49. The Morgan fingerprint density at radius 3 is 2.40 bits per heavy atom. The van der Waals surface area contributed by atoms with Crippen LogP contribution in [0.2, 0.25) is 5.02 Å². The fourth-order valence-electron chi connectivity index (χ4n) is 2.71. The first-order chi connectivity index (χ1) is 14.1. The second-order valence-electron chi connectivity index (χ2n) is 6.48. The number of rotatable bonds is 5. The van der Waals surface area contributed by atoms with Crippen molar-refractivity contribution in [3.8, 4) is 0 Å². The Balaban J connectivity index is 1.72. The number of anilines is 1. The Hall–Kier alpha value is -2.84. The van der Waals surface area contributed by atoms with Crippen molar-refractivity contribution in [2.24, 2.45) is 0 Å². The predicted molar refractivity (Wildman–Crippen MR) is 111 cm³/mol. The molecule has 0 atom stereocenters. The molecule has 1 aromatic heterocycles. The van der Waals surface area contributed by atoms with E-state index in [4.69, 9.17) is 11.6 Å². The topological polar surface area (TPSA) is 49.4 Å².